The Bertz CT molecular complexity index is 1050. The molecule has 0 saturated carbocycles. The van der Waals surface area contributed by atoms with Crippen LogP contribution in [0.2, 0.25) is 0 Å². The zero-order valence-corrected chi connectivity index (χ0v) is 16.0. The standard InChI is InChI=1S/C15H18F2N4O4S2/c1-19-11-13(10-18-19)27(24,25)21-6-2-5-20(7-8-21)26(22,23)12-3-4-14(16)15(17)9-12/h3-4,9-11H,2,5-8H2,1H3. The highest BCUT2D eigenvalue weighted by molar-refractivity contribution is 7.89. The van der Waals surface area contributed by atoms with E-state index in [9.17, 15) is 25.6 Å². The molecular weight excluding hydrogens is 402 g/mol. The molecule has 27 heavy (non-hydrogen) atoms. The van der Waals surface area contributed by atoms with E-state index in [0.717, 1.165) is 16.4 Å². The van der Waals surface area contributed by atoms with Gasteiger partial charge in [0, 0.05) is 39.4 Å². The van der Waals surface area contributed by atoms with Gasteiger partial charge in [-0.1, -0.05) is 0 Å². The minimum absolute atomic E-state index is 0.0295. The molecular formula is C15H18F2N4O4S2. The van der Waals surface area contributed by atoms with Crippen molar-refractivity contribution in [3.05, 3.63) is 42.2 Å². The van der Waals surface area contributed by atoms with Crippen LogP contribution in [0.3, 0.4) is 0 Å². The molecule has 1 fully saturated rings. The first kappa shape index (κ1) is 19.9. The molecule has 0 atom stereocenters. The van der Waals surface area contributed by atoms with E-state index in [0.29, 0.717) is 6.07 Å². The Morgan fingerprint density at radius 3 is 2.00 bits per heavy atom. The Kier molecular flexibility index (Phi) is 5.34. The highest BCUT2D eigenvalue weighted by Crippen LogP contribution is 2.22. The SMILES string of the molecule is Cn1cc(S(=O)(=O)N2CCCN(S(=O)(=O)c3ccc(F)c(F)c3)CC2)cn1. The summed E-state index contributed by atoms with van der Waals surface area (Å²) in [4.78, 5) is -0.341. The van der Waals surface area contributed by atoms with Gasteiger partial charge < -0.3 is 0 Å². The number of halogens is 2. The highest BCUT2D eigenvalue weighted by atomic mass is 32.2. The van der Waals surface area contributed by atoms with Crippen LogP contribution in [0.4, 0.5) is 8.78 Å². The first-order valence-electron chi connectivity index (χ1n) is 8.06. The molecule has 1 aromatic carbocycles. The van der Waals surface area contributed by atoms with E-state index in [2.05, 4.69) is 5.10 Å². The lowest BCUT2D eigenvalue weighted by Crippen LogP contribution is -2.37. The molecule has 0 amide bonds. The maximum Gasteiger partial charge on any atom is 0.246 e. The summed E-state index contributed by atoms with van der Waals surface area (Å²) in [5.74, 6) is -2.40. The van der Waals surface area contributed by atoms with Crippen LogP contribution in [0.1, 0.15) is 6.42 Å². The number of hydrogen-bond acceptors (Lipinski definition) is 5. The van der Waals surface area contributed by atoms with E-state index in [1.165, 1.54) is 21.4 Å². The second-order valence-electron chi connectivity index (χ2n) is 6.09. The van der Waals surface area contributed by atoms with Crippen molar-refractivity contribution < 1.29 is 25.6 Å². The molecule has 148 valence electrons. The molecule has 1 aliphatic rings. The molecule has 8 nitrogen and oxygen atoms in total. The zero-order valence-electron chi connectivity index (χ0n) is 14.4. The zero-order chi connectivity index (χ0) is 19.8. The van der Waals surface area contributed by atoms with Crippen LogP contribution in [0.5, 0.6) is 0 Å². The Balaban J connectivity index is 1.81. The third-order valence-corrected chi connectivity index (χ3v) is 8.01. The second-order valence-corrected chi connectivity index (χ2v) is 9.96. The maximum absolute atomic E-state index is 13.4. The number of sulfonamides is 2. The molecule has 2 aromatic rings. The van der Waals surface area contributed by atoms with Gasteiger partial charge in [0.25, 0.3) is 0 Å². The average molecular weight is 420 g/mol. The van der Waals surface area contributed by atoms with Crippen molar-refractivity contribution in [3.63, 3.8) is 0 Å². The summed E-state index contributed by atoms with van der Waals surface area (Å²) >= 11 is 0. The maximum atomic E-state index is 13.4. The fourth-order valence-electron chi connectivity index (χ4n) is 2.82. The Morgan fingerprint density at radius 2 is 1.48 bits per heavy atom. The van der Waals surface area contributed by atoms with E-state index < -0.39 is 31.7 Å². The minimum Gasteiger partial charge on any atom is -0.274 e. The Hall–Kier alpha value is -1.89. The lowest BCUT2D eigenvalue weighted by atomic mass is 10.3. The first-order chi connectivity index (χ1) is 12.6. The smallest absolute Gasteiger partial charge is 0.246 e. The van der Waals surface area contributed by atoms with Crippen LogP contribution >= 0.6 is 0 Å². The minimum atomic E-state index is -4.07. The van der Waals surface area contributed by atoms with E-state index in [-0.39, 0.29) is 42.4 Å². The van der Waals surface area contributed by atoms with Crippen molar-refractivity contribution >= 4 is 20.0 Å². The third kappa shape index (κ3) is 3.88. The topological polar surface area (TPSA) is 92.6 Å². The first-order valence-corrected chi connectivity index (χ1v) is 10.9. The summed E-state index contributed by atoms with van der Waals surface area (Å²) in [6.07, 6.45) is 2.87. The Labute approximate surface area is 156 Å². The monoisotopic (exact) mass is 420 g/mol. The lowest BCUT2D eigenvalue weighted by molar-refractivity contribution is 0.404. The quantitative estimate of drug-likeness (QED) is 0.729. The van der Waals surface area contributed by atoms with Crippen molar-refractivity contribution in [1.82, 2.24) is 18.4 Å². The second kappa shape index (κ2) is 7.26. The van der Waals surface area contributed by atoms with Gasteiger partial charge in [-0.2, -0.15) is 13.7 Å². The van der Waals surface area contributed by atoms with Gasteiger partial charge in [0.2, 0.25) is 20.0 Å². The van der Waals surface area contributed by atoms with Gasteiger partial charge in [-0.05, 0) is 24.6 Å². The lowest BCUT2D eigenvalue weighted by Gasteiger charge is -2.21. The molecule has 12 heteroatoms. The molecule has 1 saturated heterocycles. The molecule has 0 bridgehead atoms. The molecule has 0 aliphatic carbocycles. The fourth-order valence-corrected chi connectivity index (χ4v) is 5.76. The number of rotatable bonds is 4. The number of aromatic nitrogens is 2. The van der Waals surface area contributed by atoms with E-state index in [1.807, 2.05) is 0 Å². The number of benzene rings is 1. The fraction of sp³-hybridized carbons (Fsp3) is 0.400. The normalized spacial score (nSPS) is 17.7. The van der Waals surface area contributed by atoms with Crippen molar-refractivity contribution in [2.75, 3.05) is 26.2 Å². The number of hydrogen-bond donors (Lipinski definition) is 0. The largest absolute Gasteiger partial charge is 0.274 e. The Morgan fingerprint density at radius 1 is 0.889 bits per heavy atom. The molecule has 1 aromatic heterocycles. The molecule has 0 unspecified atom stereocenters. The van der Waals surface area contributed by atoms with Crippen molar-refractivity contribution in [2.45, 2.75) is 16.2 Å². The van der Waals surface area contributed by atoms with Crippen LogP contribution in [0.15, 0.2) is 40.4 Å². The molecule has 0 radical (unpaired) electrons. The van der Waals surface area contributed by atoms with Gasteiger partial charge in [-0.15, -0.1) is 0 Å². The summed E-state index contributed by atoms with van der Waals surface area (Å²) in [6, 6.07) is 2.36. The number of nitrogens with zero attached hydrogens (tertiary/aromatic N) is 4. The van der Waals surface area contributed by atoms with Gasteiger partial charge in [-0.25, -0.2) is 25.6 Å². The van der Waals surface area contributed by atoms with Crippen molar-refractivity contribution in [1.29, 1.82) is 0 Å². The van der Waals surface area contributed by atoms with Crippen LogP contribution in [0, 0.1) is 11.6 Å². The summed E-state index contributed by atoms with van der Waals surface area (Å²) in [5.41, 5.74) is 0. The van der Waals surface area contributed by atoms with Gasteiger partial charge in [0.05, 0.1) is 11.1 Å². The molecule has 1 aliphatic heterocycles. The summed E-state index contributed by atoms with van der Waals surface area (Å²) in [5, 5.41) is 3.85. The summed E-state index contributed by atoms with van der Waals surface area (Å²) < 4.78 is 80.9. The van der Waals surface area contributed by atoms with Crippen LogP contribution in [-0.2, 0) is 27.1 Å². The molecule has 3 rings (SSSR count). The predicted octanol–water partition coefficient (Wildman–Crippen LogP) is 0.784. The van der Waals surface area contributed by atoms with E-state index >= 15 is 0 Å². The van der Waals surface area contributed by atoms with E-state index in [1.54, 1.807) is 7.05 Å². The molecule has 0 spiro atoms. The third-order valence-electron chi connectivity index (χ3n) is 4.26. The highest BCUT2D eigenvalue weighted by Gasteiger charge is 2.32. The van der Waals surface area contributed by atoms with Gasteiger partial charge in [0.15, 0.2) is 11.6 Å². The molecule has 0 N–H and O–H groups in total. The molecule has 2 heterocycles. The van der Waals surface area contributed by atoms with Gasteiger partial charge in [-0.3, -0.25) is 4.68 Å². The van der Waals surface area contributed by atoms with Crippen LogP contribution in [-0.4, -0.2) is 61.4 Å². The number of aryl methyl sites for hydroxylation is 1. The predicted molar refractivity (Wildman–Crippen MR) is 91.7 cm³/mol. The van der Waals surface area contributed by atoms with Crippen molar-refractivity contribution in [3.8, 4) is 0 Å². The van der Waals surface area contributed by atoms with Gasteiger partial charge >= 0.3 is 0 Å². The average Bonchev–Trinajstić information content (AvgIpc) is 2.90. The van der Waals surface area contributed by atoms with E-state index in [4.69, 9.17) is 0 Å². The van der Waals surface area contributed by atoms with Crippen LogP contribution < -0.4 is 0 Å². The summed E-state index contributed by atoms with van der Waals surface area (Å²) in [6.45, 7) is 0.0579. The summed E-state index contributed by atoms with van der Waals surface area (Å²) in [7, 11) is -6.26. The van der Waals surface area contributed by atoms with Crippen molar-refractivity contribution in [2.24, 2.45) is 7.05 Å². The van der Waals surface area contributed by atoms with Crippen LogP contribution in [0.25, 0.3) is 0 Å². The van der Waals surface area contributed by atoms with Gasteiger partial charge in [0.1, 0.15) is 4.90 Å².